The minimum atomic E-state index is -1.05. The maximum absolute atomic E-state index is 10.6. The number of amides is 1. The molecule has 0 aliphatic rings. The minimum Gasteiger partial charge on any atom is -0.465 e. The van der Waals surface area contributed by atoms with E-state index in [0.717, 1.165) is 22.8 Å². The topological polar surface area (TPSA) is 75.3 Å². The third-order valence-corrected chi connectivity index (χ3v) is 3.69. The van der Waals surface area contributed by atoms with Gasteiger partial charge in [0.05, 0.1) is 0 Å². The summed E-state index contributed by atoms with van der Waals surface area (Å²) in [6.07, 6.45) is -0.126. The van der Waals surface area contributed by atoms with Crippen LogP contribution in [0.15, 0.2) is 53.4 Å². The van der Waals surface area contributed by atoms with Crippen LogP contribution in [0, 0.1) is 0 Å². The molecule has 0 aliphatic carbocycles. The molecule has 2 aromatic carbocycles. The summed E-state index contributed by atoms with van der Waals surface area (Å²) in [6, 6.07) is 15.2. The summed E-state index contributed by atoms with van der Waals surface area (Å²) in [5, 5.41) is 11.0. The second-order valence-corrected chi connectivity index (χ2v) is 5.47. The van der Waals surface area contributed by atoms with Crippen molar-refractivity contribution in [3.63, 3.8) is 0 Å². The predicted octanol–water partition coefficient (Wildman–Crippen LogP) is 3.69. The van der Waals surface area contributed by atoms with Crippen molar-refractivity contribution in [3.8, 4) is 0 Å². The van der Waals surface area contributed by atoms with E-state index in [1.54, 1.807) is 17.8 Å². The fraction of sp³-hybridized carbons (Fsp3) is 0.133. The van der Waals surface area contributed by atoms with Crippen molar-refractivity contribution in [3.05, 3.63) is 54.1 Å². The predicted molar refractivity (Wildman–Crippen MR) is 83.4 cm³/mol. The van der Waals surface area contributed by atoms with Gasteiger partial charge in [0.1, 0.15) is 0 Å². The van der Waals surface area contributed by atoms with Crippen LogP contribution in [-0.4, -0.2) is 17.0 Å². The summed E-state index contributed by atoms with van der Waals surface area (Å²) in [6.45, 7) is 0. The summed E-state index contributed by atoms with van der Waals surface area (Å²) in [5.41, 5.74) is 8.31. The van der Waals surface area contributed by atoms with Crippen LogP contribution in [0.25, 0.3) is 0 Å². The van der Waals surface area contributed by atoms with E-state index in [2.05, 4.69) is 11.4 Å². The van der Waals surface area contributed by atoms with Crippen LogP contribution < -0.4 is 11.1 Å². The quantitative estimate of drug-likeness (QED) is 0.579. The smallest absolute Gasteiger partial charge is 0.409 e. The van der Waals surface area contributed by atoms with E-state index in [1.807, 2.05) is 36.4 Å². The SMILES string of the molecule is Nc1cccc(CCSc2cccc(NC(=O)O)c2)c1. The number of thioether (sulfide) groups is 1. The van der Waals surface area contributed by atoms with E-state index in [4.69, 9.17) is 10.8 Å². The Bertz CT molecular complexity index is 602. The lowest BCUT2D eigenvalue weighted by molar-refractivity contribution is 0.209. The van der Waals surface area contributed by atoms with Gasteiger partial charge in [-0.15, -0.1) is 11.8 Å². The van der Waals surface area contributed by atoms with Crippen molar-refractivity contribution in [1.82, 2.24) is 0 Å². The molecule has 0 aliphatic heterocycles. The van der Waals surface area contributed by atoms with Gasteiger partial charge < -0.3 is 10.8 Å². The van der Waals surface area contributed by atoms with Gasteiger partial charge in [-0.1, -0.05) is 18.2 Å². The zero-order chi connectivity index (χ0) is 14.4. The van der Waals surface area contributed by atoms with Gasteiger partial charge in [-0.05, 0) is 42.3 Å². The molecule has 0 unspecified atom stereocenters. The Kier molecular flexibility index (Phi) is 4.90. The van der Waals surface area contributed by atoms with E-state index >= 15 is 0 Å². The average Bonchev–Trinajstić information content (AvgIpc) is 2.38. The van der Waals surface area contributed by atoms with Crippen LogP contribution in [0.3, 0.4) is 0 Å². The lowest BCUT2D eigenvalue weighted by Gasteiger charge is -2.05. The Morgan fingerprint density at radius 3 is 2.75 bits per heavy atom. The zero-order valence-corrected chi connectivity index (χ0v) is 11.7. The van der Waals surface area contributed by atoms with E-state index in [9.17, 15) is 4.79 Å². The zero-order valence-electron chi connectivity index (χ0n) is 10.9. The highest BCUT2D eigenvalue weighted by atomic mass is 32.2. The van der Waals surface area contributed by atoms with Gasteiger partial charge >= 0.3 is 6.09 Å². The first-order valence-corrected chi connectivity index (χ1v) is 7.19. The highest BCUT2D eigenvalue weighted by molar-refractivity contribution is 7.99. The first-order valence-electron chi connectivity index (χ1n) is 6.21. The molecule has 0 fully saturated rings. The summed E-state index contributed by atoms with van der Waals surface area (Å²) in [4.78, 5) is 11.6. The number of hydrogen-bond acceptors (Lipinski definition) is 3. The molecule has 104 valence electrons. The molecule has 0 saturated heterocycles. The number of hydrogen-bond donors (Lipinski definition) is 3. The number of carbonyl (C=O) groups is 1. The van der Waals surface area contributed by atoms with Crippen LogP contribution in [0.4, 0.5) is 16.2 Å². The monoisotopic (exact) mass is 288 g/mol. The molecular weight excluding hydrogens is 272 g/mol. The second kappa shape index (κ2) is 6.86. The standard InChI is InChI=1S/C15H16N2O2S/c16-12-4-1-3-11(9-12)7-8-20-14-6-2-5-13(10-14)17-15(18)19/h1-6,9-10,17H,7-8,16H2,(H,18,19). The molecule has 0 bridgehead atoms. The molecule has 1 amide bonds. The number of carboxylic acid groups (broad SMARTS) is 1. The Hall–Kier alpha value is -2.14. The third-order valence-electron chi connectivity index (χ3n) is 2.70. The summed E-state index contributed by atoms with van der Waals surface area (Å²) in [5.74, 6) is 0.917. The average molecular weight is 288 g/mol. The van der Waals surface area contributed by atoms with Crippen molar-refractivity contribution in [2.45, 2.75) is 11.3 Å². The molecule has 0 atom stereocenters. The number of nitrogen functional groups attached to an aromatic ring is 1. The fourth-order valence-corrected chi connectivity index (χ4v) is 2.78. The molecule has 0 saturated carbocycles. The molecule has 0 heterocycles. The van der Waals surface area contributed by atoms with Crippen LogP contribution in [0.2, 0.25) is 0 Å². The highest BCUT2D eigenvalue weighted by Gasteiger charge is 2.01. The normalized spacial score (nSPS) is 10.2. The van der Waals surface area contributed by atoms with Gasteiger partial charge in [-0.3, -0.25) is 5.32 Å². The summed E-state index contributed by atoms with van der Waals surface area (Å²) >= 11 is 1.69. The minimum absolute atomic E-state index is 0.589. The van der Waals surface area contributed by atoms with Gasteiger partial charge in [0, 0.05) is 22.0 Å². The maximum atomic E-state index is 10.6. The molecule has 20 heavy (non-hydrogen) atoms. The fourth-order valence-electron chi connectivity index (χ4n) is 1.82. The van der Waals surface area contributed by atoms with Gasteiger partial charge in [-0.25, -0.2) is 4.79 Å². The Morgan fingerprint density at radius 1 is 1.20 bits per heavy atom. The van der Waals surface area contributed by atoms with E-state index < -0.39 is 6.09 Å². The number of aryl methyl sites for hydroxylation is 1. The third kappa shape index (κ3) is 4.51. The molecule has 2 rings (SSSR count). The maximum Gasteiger partial charge on any atom is 0.409 e. The van der Waals surface area contributed by atoms with Gasteiger partial charge in [0.25, 0.3) is 0 Å². The first-order chi connectivity index (χ1) is 9.63. The van der Waals surface area contributed by atoms with Crippen LogP contribution in [0.1, 0.15) is 5.56 Å². The highest BCUT2D eigenvalue weighted by Crippen LogP contribution is 2.22. The van der Waals surface area contributed by atoms with E-state index in [0.29, 0.717) is 5.69 Å². The number of nitrogens with two attached hydrogens (primary N) is 1. The van der Waals surface area contributed by atoms with E-state index in [1.165, 1.54) is 5.56 Å². The number of rotatable bonds is 5. The molecular formula is C15H16N2O2S. The molecule has 2 aromatic rings. The Balaban J connectivity index is 1.89. The van der Waals surface area contributed by atoms with Crippen LogP contribution >= 0.6 is 11.8 Å². The first kappa shape index (κ1) is 14.3. The van der Waals surface area contributed by atoms with E-state index in [-0.39, 0.29) is 0 Å². The van der Waals surface area contributed by atoms with Crippen molar-refractivity contribution in [2.75, 3.05) is 16.8 Å². The molecule has 0 radical (unpaired) electrons. The molecule has 0 spiro atoms. The van der Waals surface area contributed by atoms with Crippen molar-refractivity contribution >= 4 is 29.2 Å². The Morgan fingerprint density at radius 2 is 2.00 bits per heavy atom. The van der Waals surface area contributed by atoms with Gasteiger partial charge in [0.2, 0.25) is 0 Å². The van der Waals surface area contributed by atoms with Gasteiger partial charge in [-0.2, -0.15) is 0 Å². The molecule has 0 aromatic heterocycles. The number of nitrogens with one attached hydrogen (secondary N) is 1. The van der Waals surface area contributed by atoms with Crippen molar-refractivity contribution < 1.29 is 9.90 Å². The number of anilines is 2. The molecule has 4 nitrogen and oxygen atoms in total. The number of benzene rings is 2. The summed E-state index contributed by atoms with van der Waals surface area (Å²) < 4.78 is 0. The summed E-state index contributed by atoms with van der Waals surface area (Å²) in [7, 11) is 0. The molecule has 4 N–H and O–H groups in total. The largest absolute Gasteiger partial charge is 0.465 e. The van der Waals surface area contributed by atoms with Gasteiger partial charge in [0.15, 0.2) is 0 Å². The lowest BCUT2D eigenvalue weighted by Crippen LogP contribution is -2.06. The van der Waals surface area contributed by atoms with Crippen molar-refractivity contribution in [2.24, 2.45) is 0 Å². The lowest BCUT2D eigenvalue weighted by atomic mass is 10.1. The van der Waals surface area contributed by atoms with Crippen molar-refractivity contribution in [1.29, 1.82) is 0 Å². The second-order valence-electron chi connectivity index (χ2n) is 4.30. The molecule has 5 heteroatoms. The van der Waals surface area contributed by atoms with Crippen LogP contribution in [-0.2, 0) is 6.42 Å². The Labute approximate surface area is 122 Å². The van der Waals surface area contributed by atoms with Crippen LogP contribution in [0.5, 0.6) is 0 Å².